The Balaban J connectivity index is 2.22. The van der Waals surface area contributed by atoms with Gasteiger partial charge in [0, 0.05) is 18.4 Å². The van der Waals surface area contributed by atoms with Gasteiger partial charge < -0.3 is 9.63 Å². The molecule has 0 amide bonds. The maximum absolute atomic E-state index is 10.4. The van der Waals surface area contributed by atoms with Crippen LogP contribution in [-0.2, 0) is 16.5 Å². The van der Waals surface area contributed by atoms with Crippen molar-refractivity contribution in [3.8, 4) is 0 Å². The summed E-state index contributed by atoms with van der Waals surface area (Å²) in [6, 6.07) is 9.55. The van der Waals surface area contributed by atoms with E-state index in [1.54, 1.807) is 0 Å². The van der Waals surface area contributed by atoms with Crippen molar-refractivity contribution in [3.63, 3.8) is 0 Å². The fraction of sp³-hybridized carbons (Fsp3) is 0.400. The number of ether oxygens (including phenoxy) is 1. The number of morpholine rings is 1. The first-order chi connectivity index (χ1) is 7.21. The van der Waals surface area contributed by atoms with Gasteiger partial charge in [-0.3, -0.25) is 0 Å². The molecule has 3 nitrogen and oxygen atoms in total. The van der Waals surface area contributed by atoms with E-state index in [1.807, 2.05) is 35.0 Å². The van der Waals surface area contributed by atoms with Gasteiger partial charge in [0.1, 0.15) is 0 Å². The third-order valence-electron chi connectivity index (χ3n) is 2.46. The smallest absolute Gasteiger partial charge is 0.159 e. The van der Waals surface area contributed by atoms with Gasteiger partial charge in [0.05, 0.1) is 13.2 Å². The molecule has 0 saturated carbocycles. The van der Waals surface area contributed by atoms with Crippen molar-refractivity contribution in [3.05, 3.63) is 30.3 Å². The first kappa shape index (κ1) is 11.2. The third-order valence-corrected chi connectivity index (χ3v) is 5.93. The van der Waals surface area contributed by atoms with E-state index in [2.05, 4.69) is 0 Å². The molecule has 15 heavy (non-hydrogen) atoms. The molecule has 1 atom stereocenters. The lowest BCUT2D eigenvalue weighted by atomic mass is 10.4. The Morgan fingerprint density at radius 1 is 1.20 bits per heavy atom. The summed E-state index contributed by atoms with van der Waals surface area (Å²) in [5, 5.41) is 0.863. The predicted molar refractivity (Wildman–Crippen MR) is 65.0 cm³/mol. The highest BCUT2D eigenvalue weighted by Gasteiger charge is 2.26. The molecule has 1 aliphatic rings. The minimum atomic E-state index is -2.53. The summed E-state index contributed by atoms with van der Waals surface area (Å²) in [6.45, 7) is 2.77. The first-order valence-electron chi connectivity index (χ1n) is 4.93. The van der Waals surface area contributed by atoms with Gasteiger partial charge in [-0.05, 0) is 11.8 Å². The maximum atomic E-state index is 10.4. The fourth-order valence-electron chi connectivity index (χ4n) is 1.61. The standard InChI is InChI=1S/C10H14NO2PS/c12-14(15,10-4-2-1-3-5-10)11-6-8-13-9-7-11/h1-5H,6-9H2,(H,12,15). The Labute approximate surface area is 94.8 Å². The van der Waals surface area contributed by atoms with Gasteiger partial charge in [-0.2, -0.15) is 0 Å². The van der Waals surface area contributed by atoms with Gasteiger partial charge >= 0.3 is 0 Å². The predicted octanol–water partition coefficient (Wildman–Crippen LogP) is 0.946. The van der Waals surface area contributed by atoms with Gasteiger partial charge in [-0.15, -0.1) is 0 Å². The zero-order valence-electron chi connectivity index (χ0n) is 8.37. The normalized spacial score (nSPS) is 22.2. The van der Waals surface area contributed by atoms with Gasteiger partial charge in [-0.1, -0.05) is 30.3 Å². The van der Waals surface area contributed by atoms with E-state index in [1.165, 1.54) is 0 Å². The van der Waals surface area contributed by atoms with Crippen molar-refractivity contribution in [2.45, 2.75) is 0 Å². The summed E-state index contributed by atoms with van der Waals surface area (Å²) < 4.78 is 7.22. The van der Waals surface area contributed by atoms with Crippen LogP contribution in [0.25, 0.3) is 0 Å². The quantitative estimate of drug-likeness (QED) is 0.784. The highest BCUT2D eigenvalue weighted by molar-refractivity contribution is 8.14. The number of nitrogens with zero attached hydrogens (tertiary/aromatic N) is 1. The van der Waals surface area contributed by atoms with E-state index >= 15 is 0 Å². The van der Waals surface area contributed by atoms with Crippen LogP contribution in [0, 0.1) is 0 Å². The number of rotatable bonds is 2. The molecule has 1 N–H and O–H groups in total. The van der Waals surface area contributed by atoms with E-state index in [4.69, 9.17) is 16.5 Å². The zero-order chi connectivity index (χ0) is 10.7. The Kier molecular flexibility index (Phi) is 3.54. The molecular formula is C10H14NO2PS. The Hall–Kier alpha value is -0.250. The molecule has 5 heteroatoms. The lowest BCUT2D eigenvalue weighted by Crippen LogP contribution is -2.36. The second-order valence-corrected chi connectivity index (χ2v) is 7.14. The van der Waals surface area contributed by atoms with Crippen molar-refractivity contribution in [2.24, 2.45) is 0 Å². The molecular weight excluding hydrogens is 229 g/mol. The van der Waals surface area contributed by atoms with Crippen LogP contribution in [0.1, 0.15) is 0 Å². The van der Waals surface area contributed by atoms with Crippen LogP contribution in [0.3, 0.4) is 0 Å². The number of hydrogen-bond acceptors (Lipinski definition) is 2. The average Bonchev–Trinajstić information content (AvgIpc) is 2.31. The molecule has 0 spiro atoms. The van der Waals surface area contributed by atoms with Gasteiger partial charge in [0.2, 0.25) is 0 Å². The molecule has 1 aromatic rings. The van der Waals surface area contributed by atoms with Crippen LogP contribution in [0.15, 0.2) is 30.3 Å². The monoisotopic (exact) mass is 243 g/mol. The lowest BCUT2D eigenvalue weighted by molar-refractivity contribution is 0.0721. The Bertz CT molecular complexity index is 365. The molecule has 1 aliphatic heterocycles. The fourth-order valence-corrected chi connectivity index (χ4v) is 4.06. The van der Waals surface area contributed by atoms with Crippen molar-refractivity contribution >= 4 is 23.5 Å². The van der Waals surface area contributed by atoms with Crippen LogP contribution < -0.4 is 5.30 Å². The number of benzene rings is 1. The molecule has 1 heterocycles. The van der Waals surface area contributed by atoms with Crippen LogP contribution in [-0.4, -0.2) is 35.9 Å². The van der Waals surface area contributed by atoms with Gasteiger partial charge in [-0.25, -0.2) is 4.67 Å². The molecule has 1 aromatic carbocycles. The van der Waals surface area contributed by atoms with Crippen molar-refractivity contribution < 1.29 is 9.63 Å². The topological polar surface area (TPSA) is 32.7 Å². The average molecular weight is 243 g/mol. The van der Waals surface area contributed by atoms with Crippen molar-refractivity contribution in [2.75, 3.05) is 26.3 Å². The Morgan fingerprint density at radius 3 is 2.40 bits per heavy atom. The molecule has 0 bridgehead atoms. The van der Waals surface area contributed by atoms with Gasteiger partial charge in [0.25, 0.3) is 0 Å². The minimum Gasteiger partial charge on any atom is -0.379 e. The van der Waals surface area contributed by atoms with Crippen molar-refractivity contribution in [1.29, 1.82) is 0 Å². The minimum absolute atomic E-state index is 0.659. The highest BCUT2D eigenvalue weighted by Crippen LogP contribution is 2.44. The molecule has 2 rings (SSSR count). The molecule has 0 aliphatic carbocycles. The summed E-state index contributed by atoms with van der Waals surface area (Å²) in [7, 11) is 0. The molecule has 1 fully saturated rings. The van der Waals surface area contributed by atoms with Crippen LogP contribution in [0.2, 0.25) is 0 Å². The molecule has 82 valence electrons. The SMILES string of the molecule is OP(=S)(c1ccccc1)N1CCOCC1. The number of hydrogen-bond donors (Lipinski definition) is 1. The summed E-state index contributed by atoms with van der Waals surface area (Å²) >= 11 is 5.37. The second-order valence-electron chi connectivity index (χ2n) is 3.45. The summed E-state index contributed by atoms with van der Waals surface area (Å²) in [5.41, 5.74) is 0. The van der Waals surface area contributed by atoms with E-state index in [0.29, 0.717) is 13.2 Å². The molecule has 1 unspecified atom stereocenters. The largest absolute Gasteiger partial charge is 0.379 e. The van der Waals surface area contributed by atoms with Gasteiger partial charge in [0.15, 0.2) is 6.42 Å². The molecule has 1 saturated heterocycles. The highest BCUT2D eigenvalue weighted by atomic mass is 32.4. The molecule has 0 radical (unpaired) electrons. The van der Waals surface area contributed by atoms with E-state index in [0.717, 1.165) is 18.4 Å². The van der Waals surface area contributed by atoms with E-state index in [9.17, 15) is 4.89 Å². The van der Waals surface area contributed by atoms with Crippen LogP contribution >= 0.6 is 6.42 Å². The lowest BCUT2D eigenvalue weighted by Gasteiger charge is -2.33. The Morgan fingerprint density at radius 2 is 1.80 bits per heavy atom. The second kappa shape index (κ2) is 4.73. The molecule has 0 aromatic heterocycles. The third kappa shape index (κ3) is 2.47. The summed E-state index contributed by atoms with van der Waals surface area (Å²) in [6.07, 6.45) is -2.53. The maximum Gasteiger partial charge on any atom is 0.159 e. The zero-order valence-corrected chi connectivity index (χ0v) is 10.1. The summed E-state index contributed by atoms with van der Waals surface area (Å²) in [4.78, 5) is 10.4. The van der Waals surface area contributed by atoms with Crippen LogP contribution in [0.4, 0.5) is 0 Å². The van der Waals surface area contributed by atoms with Crippen molar-refractivity contribution in [1.82, 2.24) is 4.67 Å². The van der Waals surface area contributed by atoms with E-state index in [-0.39, 0.29) is 0 Å². The summed E-state index contributed by atoms with van der Waals surface area (Å²) in [5.74, 6) is 0. The van der Waals surface area contributed by atoms with E-state index < -0.39 is 6.42 Å². The van der Waals surface area contributed by atoms with Crippen LogP contribution in [0.5, 0.6) is 0 Å². The first-order valence-corrected chi connectivity index (χ1v) is 7.63.